The summed E-state index contributed by atoms with van der Waals surface area (Å²) >= 11 is 0. The lowest BCUT2D eigenvalue weighted by Crippen LogP contribution is -2.00. The minimum Gasteiger partial charge on any atom is -0.476 e. The van der Waals surface area contributed by atoms with E-state index in [0.29, 0.717) is 11.7 Å². The number of rotatable bonds is 3. The van der Waals surface area contributed by atoms with Crippen LogP contribution in [0.15, 0.2) is 24.9 Å². The van der Waals surface area contributed by atoms with Gasteiger partial charge in [0.2, 0.25) is 0 Å². The van der Waals surface area contributed by atoms with Crippen LogP contribution in [0.3, 0.4) is 0 Å². The van der Waals surface area contributed by atoms with Gasteiger partial charge in [-0.1, -0.05) is 13.8 Å². The van der Waals surface area contributed by atoms with Gasteiger partial charge in [-0.25, -0.2) is 19.7 Å². The highest BCUT2D eigenvalue weighted by Gasteiger charge is 2.09. The first-order chi connectivity index (χ1) is 8.08. The molecule has 0 amide bonds. The summed E-state index contributed by atoms with van der Waals surface area (Å²) in [5.41, 5.74) is 0.898. The van der Waals surface area contributed by atoms with Crippen molar-refractivity contribution in [2.75, 3.05) is 0 Å². The van der Waals surface area contributed by atoms with Gasteiger partial charge in [-0.05, 0) is 5.92 Å². The van der Waals surface area contributed by atoms with Crippen molar-refractivity contribution in [3.05, 3.63) is 36.3 Å². The van der Waals surface area contributed by atoms with E-state index in [1.54, 1.807) is 4.57 Å². The third kappa shape index (κ3) is 2.30. The first-order valence-corrected chi connectivity index (χ1v) is 5.17. The largest absolute Gasteiger partial charge is 0.476 e. The van der Waals surface area contributed by atoms with Gasteiger partial charge in [0.05, 0.1) is 0 Å². The Labute approximate surface area is 98.0 Å². The van der Waals surface area contributed by atoms with Crippen LogP contribution in [-0.4, -0.2) is 30.6 Å². The monoisotopic (exact) mass is 232 g/mol. The maximum atomic E-state index is 10.7. The Hall–Kier alpha value is -2.24. The zero-order valence-corrected chi connectivity index (χ0v) is 9.53. The summed E-state index contributed by atoms with van der Waals surface area (Å²) in [6, 6.07) is 1.82. The lowest BCUT2D eigenvalue weighted by Gasteiger charge is -2.06. The molecule has 6 heteroatoms. The summed E-state index contributed by atoms with van der Waals surface area (Å²) in [5, 5.41) is 8.78. The van der Waals surface area contributed by atoms with Crippen LogP contribution in [-0.2, 0) is 0 Å². The van der Waals surface area contributed by atoms with E-state index in [1.807, 2.05) is 19.9 Å². The molecule has 88 valence electrons. The summed E-state index contributed by atoms with van der Waals surface area (Å²) < 4.78 is 1.57. The van der Waals surface area contributed by atoms with Crippen molar-refractivity contribution in [3.8, 4) is 5.82 Å². The smallest absolute Gasteiger partial charge is 0.356 e. The maximum Gasteiger partial charge on any atom is 0.356 e. The number of hydrogen-bond donors (Lipinski definition) is 1. The van der Waals surface area contributed by atoms with Crippen LogP contribution in [0.1, 0.15) is 35.9 Å². The normalized spacial score (nSPS) is 10.8. The first-order valence-electron chi connectivity index (χ1n) is 5.17. The molecule has 0 aliphatic carbocycles. The van der Waals surface area contributed by atoms with Crippen molar-refractivity contribution in [1.82, 2.24) is 19.5 Å². The fourth-order valence-electron chi connectivity index (χ4n) is 1.38. The van der Waals surface area contributed by atoms with Crippen LogP contribution in [0, 0.1) is 0 Å². The average Bonchev–Trinajstić information content (AvgIpc) is 2.78. The number of carboxylic acids is 1. The standard InChI is InChI=1S/C11H12N4O2/c1-7(2)8-3-10(13-5-12-8)15-4-9(11(16)17)14-6-15/h3-7H,1-2H3,(H,16,17). The van der Waals surface area contributed by atoms with Gasteiger partial charge in [0.15, 0.2) is 5.69 Å². The summed E-state index contributed by atoms with van der Waals surface area (Å²) in [4.78, 5) is 22.7. The Morgan fingerprint density at radius 3 is 2.71 bits per heavy atom. The number of nitrogens with zero attached hydrogens (tertiary/aromatic N) is 4. The van der Waals surface area contributed by atoms with E-state index in [2.05, 4.69) is 15.0 Å². The number of imidazole rings is 1. The fourth-order valence-corrected chi connectivity index (χ4v) is 1.38. The Morgan fingerprint density at radius 2 is 2.12 bits per heavy atom. The van der Waals surface area contributed by atoms with Crippen LogP contribution in [0.2, 0.25) is 0 Å². The molecule has 1 N–H and O–H groups in total. The van der Waals surface area contributed by atoms with Crippen molar-refractivity contribution in [1.29, 1.82) is 0 Å². The van der Waals surface area contributed by atoms with E-state index >= 15 is 0 Å². The average molecular weight is 232 g/mol. The molecule has 0 aliphatic heterocycles. The van der Waals surface area contributed by atoms with E-state index in [4.69, 9.17) is 5.11 Å². The van der Waals surface area contributed by atoms with E-state index in [9.17, 15) is 4.79 Å². The predicted molar refractivity (Wildman–Crippen MR) is 60.2 cm³/mol. The molecule has 2 heterocycles. The molecule has 2 rings (SSSR count). The highest BCUT2D eigenvalue weighted by atomic mass is 16.4. The van der Waals surface area contributed by atoms with Gasteiger partial charge in [-0.3, -0.25) is 4.57 Å². The van der Waals surface area contributed by atoms with Crippen molar-refractivity contribution in [2.24, 2.45) is 0 Å². The minimum absolute atomic E-state index is 0.00490. The molecule has 0 radical (unpaired) electrons. The maximum absolute atomic E-state index is 10.7. The van der Waals surface area contributed by atoms with Crippen molar-refractivity contribution < 1.29 is 9.90 Å². The lowest BCUT2D eigenvalue weighted by molar-refractivity contribution is 0.0691. The van der Waals surface area contributed by atoms with Gasteiger partial charge in [-0.2, -0.15) is 0 Å². The van der Waals surface area contributed by atoms with E-state index in [0.717, 1.165) is 5.69 Å². The summed E-state index contributed by atoms with van der Waals surface area (Å²) in [5.74, 6) is -0.148. The van der Waals surface area contributed by atoms with Gasteiger partial charge in [0.25, 0.3) is 0 Å². The Balaban J connectivity index is 2.38. The topological polar surface area (TPSA) is 80.9 Å². The Morgan fingerprint density at radius 1 is 1.35 bits per heavy atom. The molecule has 2 aromatic rings. The molecule has 2 aromatic heterocycles. The van der Waals surface area contributed by atoms with E-state index in [1.165, 1.54) is 18.9 Å². The van der Waals surface area contributed by atoms with Crippen LogP contribution in [0.5, 0.6) is 0 Å². The van der Waals surface area contributed by atoms with Crippen LogP contribution in [0.25, 0.3) is 5.82 Å². The van der Waals surface area contributed by atoms with Crippen molar-refractivity contribution >= 4 is 5.97 Å². The molecule has 0 fully saturated rings. The molecule has 0 spiro atoms. The molecule has 0 unspecified atom stereocenters. The third-order valence-corrected chi connectivity index (χ3v) is 2.33. The fraction of sp³-hybridized carbons (Fsp3) is 0.273. The Bertz CT molecular complexity index is 548. The van der Waals surface area contributed by atoms with Crippen molar-refractivity contribution in [2.45, 2.75) is 19.8 Å². The van der Waals surface area contributed by atoms with Gasteiger partial charge < -0.3 is 5.11 Å². The minimum atomic E-state index is -1.05. The zero-order chi connectivity index (χ0) is 12.4. The number of hydrogen-bond acceptors (Lipinski definition) is 4. The van der Waals surface area contributed by atoms with Crippen molar-refractivity contribution in [3.63, 3.8) is 0 Å². The third-order valence-electron chi connectivity index (χ3n) is 2.33. The van der Waals surface area contributed by atoms with Crippen LogP contribution < -0.4 is 0 Å². The molecule has 0 aliphatic rings. The van der Waals surface area contributed by atoms with Gasteiger partial charge in [-0.15, -0.1) is 0 Å². The molecule has 0 saturated heterocycles. The van der Waals surface area contributed by atoms with Crippen LogP contribution >= 0.6 is 0 Å². The summed E-state index contributed by atoms with van der Waals surface area (Å²) in [6.07, 6.45) is 4.32. The number of carbonyl (C=O) groups is 1. The Kier molecular flexibility index (Phi) is 2.86. The highest BCUT2D eigenvalue weighted by Crippen LogP contribution is 2.13. The highest BCUT2D eigenvalue weighted by molar-refractivity contribution is 5.85. The van der Waals surface area contributed by atoms with E-state index in [-0.39, 0.29) is 5.69 Å². The summed E-state index contributed by atoms with van der Waals surface area (Å²) in [6.45, 7) is 4.06. The zero-order valence-electron chi connectivity index (χ0n) is 9.53. The molecular weight excluding hydrogens is 220 g/mol. The van der Waals surface area contributed by atoms with Crippen LogP contribution in [0.4, 0.5) is 0 Å². The molecule has 0 aromatic carbocycles. The van der Waals surface area contributed by atoms with E-state index < -0.39 is 5.97 Å². The second-order valence-corrected chi connectivity index (χ2v) is 3.93. The number of carboxylic acid groups (broad SMARTS) is 1. The molecule has 0 atom stereocenters. The molecule has 0 bridgehead atoms. The molecule has 6 nitrogen and oxygen atoms in total. The summed E-state index contributed by atoms with van der Waals surface area (Å²) in [7, 11) is 0. The molecular formula is C11H12N4O2. The number of aromatic carboxylic acids is 1. The second kappa shape index (κ2) is 4.32. The lowest BCUT2D eigenvalue weighted by atomic mass is 10.1. The second-order valence-electron chi connectivity index (χ2n) is 3.93. The van der Waals surface area contributed by atoms with Gasteiger partial charge in [0, 0.05) is 18.0 Å². The quantitative estimate of drug-likeness (QED) is 0.866. The SMILES string of the molecule is CC(C)c1cc(-n2cnc(C(=O)O)c2)ncn1. The molecule has 0 saturated carbocycles. The van der Waals surface area contributed by atoms with Gasteiger partial charge in [0.1, 0.15) is 18.5 Å². The molecule has 17 heavy (non-hydrogen) atoms. The number of aromatic nitrogens is 4. The van der Waals surface area contributed by atoms with Gasteiger partial charge >= 0.3 is 5.97 Å². The first kappa shape index (κ1) is 11.3. The predicted octanol–water partition coefficient (Wildman–Crippen LogP) is 1.48.